The number of hydrogen-bond donors (Lipinski definition) is 1. The summed E-state index contributed by atoms with van der Waals surface area (Å²) in [6, 6.07) is 3.57. The zero-order valence-corrected chi connectivity index (χ0v) is 8.78. The monoisotopic (exact) mass is 243 g/mol. The quantitative estimate of drug-likeness (QED) is 0.872. The van der Waals surface area contributed by atoms with Gasteiger partial charge in [-0.2, -0.15) is 0 Å². The van der Waals surface area contributed by atoms with Gasteiger partial charge in [0.1, 0.15) is 6.10 Å². The summed E-state index contributed by atoms with van der Waals surface area (Å²) >= 11 is 3.24. The topological polar surface area (TPSA) is 50.2 Å². The fourth-order valence-electron chi connectivity index (χ4n) is 0.837. The summed E-state index contributed by atoms with van der Waals surface area (Å²) in [6.45, 7) is 1.46. The van der Waals surface area contributed by atoms with Crippen LogP contribution in [0, 0.1) is 0 Å². The molecule has 0 aliphatic carbocycles. The molecule has 3 nitrogen and oxygen atoms in total. The Morgan fingerprint density at radius 1 is 1.69 bits per heavy atom. The van der Waals surface area contributed by atoms with Gasteiger partial charge < -0.3 is 5.11 Å². The van der Waals surface area contributed by atoms with Gasteiger partial charge in [0.15, 0.2) is 5.78 Å². The highest BCUT2D eigenvalue weighted by atomic mass is 79.9. The second kappa shape index (κ2) is 4.48. The van der Waals surface area contributed by atoms with Crippen LogP contribution >= 0.6 is 15.9 Å². The number of aromatic nitrogens is 1. The van der Waals surface area contributed by atoms with Crippen LogP contribution < -0.4 is 0 Å². The molecule has 0 radical (unpaired) electrons. The van der Waals surface area contributed by atoms with Gasteiger partial charge in [-0.3, -0.25) is 9.78 Å². The number of aliphatic hydroxyl groups excluding tert-OH is 1. The number of rotatable bonds is 3. The number of hydrogen-bond acceptors (Lipinski definition) is 3. The third-order valence-corrected chi connectivity index (χ3v) is 2.08. The van der Waals surface area contributed by atoms with Crippen molar-refractivity contribution in [3.8, 4) is 0 Å². The Morgan fingerprint density at radius 2 is 2.38 bits per heavy atom. The molecule has 0 aliphatic rings. The molecule has 1 N–H and O–H groups in total. The van der Waals surface area contributed by atoms with Crippen molar-refractivity contribution in [1.82, 2.24) is 4.98 Å². The van der Waals surface area contributed by atoms with Gasteiger partial charge in [-0.1, -0.05) is 0 Å². The van der Waals surface area contributed by atoms with Crippen LogP contribution in [0.5, 0.6) is 0 Å². The molecule has 1 aromatic rings. The first-order chi connectivity index (χ1) is 6.09. The first-order valence-corrected chi connectivity index (χ1v) is 4.70. The van der Waals surface area contributed by atoms with E-state index in [1.165, 1.54) is 6.92 Å². The van der Waals surface area contributed by atoms with Crippen LogP contribution in [-0.2, 0) is 11.2 Å². The molecule has 1 heterocycles. The van der Waals surface area contributed by atoms with Gasteiger partial charge in [0, 0.05) is 16.4 Å². The Labute approximate surface area is 84.9 Å². The molecule has 1 rings (SSSR count). The van der Waals surface area contributed by atoms with E-state index in [0.717, 1.165) is 4.47 Å². The number of carbonyl (C=O) groups excluding carboxylic acids is 1. The molecule has 1 unspecified atom stereocenters. The molecule has 13 heavy (non-hydrogen) atoms. The van der Waals surface area contributed by atoms with Crippen LogP contribution in [0.1, 0.15) is 12.6 Å². The van der Waals surface area contributed by atoms with Crippen molar-refractivity contribution in [2.75, 3.05) is 0 Å². The predicted molar refractivity (Wildman–Crippen MR) is 52.3 cm³/mol. The minimum absolute atomic E-state index is 0.185. The van der Waals surface area contributed by atoms with Gasteiger partial charge >= 0.3 is 0 Å². The highest BCUT2D eigenvalue weighted by Crippen LogP contribution is 2.08. The summed E-state index contributed by atoms with van der Waals surface area (Å²) < 4.78 is 0.876. The van der Waals surface area contributed by atoms with Gasteiger partial charge in [-0.05, 0) is 35.0 Å². The smallest absolute Gasteiger partial charge is 0.166 e. The van der Waals surface area contributed by atoms with E-state index in [4.69, 9.17) is 5.11 Å². The molecule has 1 atom stereocenters. The van der Waals surface area contributed by atoms with E-state index < -0.39 is 6.10 Å². The van der Waals surface area contributed by atoms with E-state index in [1.54, 1.807) is 12.3 Å². The molecule has 0 spiro atoms. The molecule has 0 fully saturated rings. The second-order valence-corrected chi connectivity index (χ2v) is 3.70. The summed E-state index contributed by atoms with van der Waals surface area (Å²) in [5, 5.41) is 8.95. The van der Waals surface area contributed by atoms with E-state index in [9.17, 15) is 4.79 Å². The Balaban J connectivity index is 2.65. The summed E-state index contributed by atoms with van der Waals surface area (Å²) in [5.74, 6) is -0.213. The van der Waals surface area contributed by atoms with Gasteiger partial charge in [0.2, 0.25) is 0 Å². The van der Waals surface area contributed by atoms with Gasteiger partial charge in [0.25, 0.3) is 0 Å². The number of ketones is 1. The molecule has 4 heteroatoms. The Kier molecular flexibility index (Phi) is 3.57. The molecular formula is C9H10BrNO2. The maximum absolute atomic E-state index is 11.1. The fourth-order valence-corrected chi connectivity index (χ4v) is 1.07. The average Bonchev–Trinajstić information content (AvgIpc) is 2.08. The molecule has 70 valence electrons. The van der Waals surface area contributed by atoms with Crippen LogP contribution in [0.2, 0.25) is 0 Å². The summed E-state index contributed by atoms with van der Waals surface area (Å²) in [6.07, 6.45) is 0.903. The van der Waals surface area contributed by atoms with Gasteiger partial charge in [-0.25, -0.2) is 0 Å². The highest BCUT2D eigenvalue weighted by Gasteiger charge is 2.09. The largest absolute Gasteiger partial charge is 0.386 e. The number of aliphatic hydroxyl groups is 1. The molecule has 0 bridgehead atoms. The lowest BCUT2D eigenvalue weighted by Gasteiger charge is -2.02. The van der Waals surface area contributed by atoms with Gasteiger partial charge in [0.05, 0.1) is 6.42 Å². The summed E-state index contributed by atoms with van der Waals surface area (Å²) in [5.41, 5.74) is 0.675. The maximum Gasteiger partial charge on any atom is 0.166 e. The fraction of sp³-hybridized carbons (Fsp3) is 0.333. The normalized spacial score (nSPS) is 12.5. The van der Waals surface area contributed by atoms with Crippen LogP contribution in [-0.4, -0.2) is 22.0 Å². The highest BCUT2D eigenvalue weighted by molar-refractivity contribution is 9.10. The van der Waals surface area contributed by atoms with Crippen molar-refractivity contribution in [1.29, 1.82) is 0 Å². The van der Waals surface area contributed by atoms with Crippen LogP contribution in [0.25, 0.3) is 0 Å². The zero-order valence-electron chi connectivity index (χ0n) is 7.20. The third-order valence-electron chi connectivity index (χ3n) is 1.61. The van der Waals surface area contributed by atoms with Crippen molar-refractivity contribution < 1.29 is 9.90 Å². The molecule has 0 aliphatic heterocycles. The lowest BCUT2D eigenvalue weighted by atomic mass is 10.1. The minimum atomic E-state index is -0.912. The lowest BCUT2D eigenvalue weighted by molar-refractivity contribution is -0.125. The standard InChI is InChI=1S/C9H10BrNO2/c1-6(12)9(13)4-8-3-2-7(10)5-11-8/h2-3,5-6,12H,4H2,1H3. The van der Waals surface area contributed by atoms with E-state index in [2.05, 4.69) is 20.9 Å². The molecule has 0 amide bonds. The number of nitrogens with zero attached hydrogens (tertiary/aromatic N) is 1. The van der Waals surface area contributed by atoms with Crippen LogP contribution in [0.3, 0.4) is 0 Å². The molecular weight excluding hydrogens is 234 g/mol. The summed E-state index contributed by atoms with van der Waals surface area (Å²) in [4.78, 5) is 15.1. The third kappa shape index (κ3) is 3.24. The molecule has 1 aromatic heterocycles. The average molecular weight is 244 g/mol. The Hall–Kier alpha value is -0.740. The first-order valence-electron chi connectivity index (χ1n) is 3.91. The number of carbonyl (C=O) groups is 1. The predicted octanol–water partition coefficient (Wildman–Crippen LogP) is 1.34. The maximum atomic E-state index is 11.1. The van der Waals surface area contributed by atoms with Crippen molar-refractivity contribution in [2.24, 2.45) is 0 Å². The van der Waals surface area contributed by atoms with Crippen molar-refractivity contribution in [3.63, 3.8) is 0 Å². The van der Waals surface area contributed by atoms with Crippen molar-refractivity contribution in [3.05, 3.63) is 28.5 Å². The van der Waals surface area contributed by atoms with E-state index in [0.29, 0.717) is 5.69 Å². The number of pyridine rings is 1. The molecule has 0 saturated heterocycles. The van der Waals surface area contributed by atoms with Crippen molar-refractivity contribution >= 4 is 21.7 Å². The molecule has 0 aromatic carbocycles. The Morgan fingerprint density at radius 3 is 2.85 bits per heavy atom. The second-order valence-electron chi connectivity index (χ2n) is 2.79. The minimum Gasteiger partial charge on any atom is -0.386 e. The number of halogens is 1. The SMILES string of the molecule is CC(O)C(=O)Cc1ccc(Br)cn1. The van der Waals surface area contributed by atoms with E-state index in [-0.39, 0.29) is 12.2 Å². The lowest BCUT2D eigenvalue weighted by Crippen LogP contribution is -2.18. The molecule has 0 saturated carbocycles. The summed E-state index contributed by atoms with van der Waals surface area (Å²) in [7, 11) is 0. The zero-order chi connectivity index (χ0) is 9.84. The van der Waals surface area contributed by atoms with E-state index in [1.807, 2.05) is 6.07 Å². The van der Waals surface area contributed by atoms with Gasteiger partial charge in [-0.15, -0.1) is 0 Å². The van der Waals surface area contributed by atoms with Crippen molar-refractivity contribution in [2.45, 2.75) is 19.4 Å². The van der Waals surface area contributed by atoms with Crippen LogP contribution in [0.4, 0.5) is 0 Å². The van der Waals surface area contributed by atoms with E-state index >= 15 is 0 Å². The number of Topliss-reactive ketones (excluding diaryl/α,β-unsaturated/α-hetero) is 1. The first kappa shape index (κ1) is 10.3. The Bertz CT molecular complexity index is 295. The van der Waals surface area contributed by atoms with Crippen LogP contribution in [0.15, 0.2) is 22.8 Å².